The Morgan fingerprint density at radius 2 is 1.79 bits per heavy atom. The SMILES string of the molecule is CCOc1cc(/C=C(\C#N)C(=O)Nc2ccc(C)cc2)cc(Br)c1OCc1ccccc1Br. The molecular weight excluding hydrogens is 548 g/mol. The van der Waals surface area contributed by atoms with Crippen LogP contribution in [0, 0.1) is 18.3 Å². The molecule has 0 heterocycles. The number of benzene rings is 3. The number of carbonyl (C=O) groups is 1. The van der Waals surface area contributed by atoms with Gasteiger partial charge in [-0.2, -0.15) is 5.26 Å². The van der Waals surface area contributed by atoms with E-state index in [2.05, 4.69) is 37.2 Å². The highest BCUT2D eigenvalue weighted by Crippen LogP contribution is 2.38. The van der Waals surface area contributed by atoms with Gasteiger partial charge in [0.15, 0.2) is 11.5 Å². The van der Waals surface area contributed by atoms with Gasteiger partial charge in [-0.25, -0.2) is 0 Å². The number of rotatable bonds is 8. The molecule has 0 radical (unpaired) electrons. The molecule has 0 saturated carbocycles. The smallest absolute Gasteiger partial charge is 0.266 e. The fraction of sp³-hybridized carbons (Fsp3) is 0.154. The number of anilines is 1. The summed E-state index contributed by atoms with van der Waals surface area (Å²) in [6, 6.07) is 20.7. The predicted molar refractivity (Wildman–Crippen MR) is 137 cm³/mol. The number of nitriles is 1. The number of carbonyl (C=O) groups excluding carboxylic acids is 1. The number of nitrogens with one attached hydrogen (secondary N) is 1. The zero-order valence-corrected chi connectivity index (χ0v) is 21.4. The van der Waals surface area contributed by atoms with Gasteiger partial charge in [-0.05, 0) is 71.7 Å². The second-order valence-corrected chi connectivity index (χ2v) is 8.84. The fourth-order valence-corrected chi connectivity index (χ4v) is 3.96. The zero-order chi connectivity index (χ0) is 23.8. The Balaban J connectivity index is 1.85. The van der Waals surface area contributed by atoms with Gasteiger partial charge in [0.05, 0.1) is 11.1 Å². The van der Waals surface area contributed by atoms with E-state index < -0.39 is 5.91 Å². The molecule has 3 rings (SSSR count). The summed E-state index contributed by atoms with van der Waals surface area (Å²) in [5, 5.41) is 12.3. The van der Waals surface area contributed by atoms with E-state index in [1.807, 2.05) is 56.3 Å². The highest BCUT2D eigenvalue weighted by atomic mass is 79.9. The number of hydrogen-bond donors (Lipinski definition) is 1. The second-order valence-electron chi connectivity index (χ2n) is 7.13. The van der Waals surface area contributed by atoms with Crippen LogP contribution in [0.4, 0.5) is 5.69 Å². The molecule has 33 heavy (non-hydrogen) atoms. The monoisotopic (exact) mass is 568 g/mol. The number of aryl methyl sites for hydroxylation is 1. The summed E-state index contributed by atoms with van der Waals surface area (Å²) < 4.78 is 13.4. The lowest BCUT2D eigenvalue weighted by atomic mass is 10.1. The number of ether oxygens (including phenoxy) is 2. The summed E-state index contributed by atoms with van der Waals surface area (Å²) in [6.07, 6.45) is 1.52. The van der Waals surface area contributed by atoms with E-state index in [4.69, 9.17) is 9.47 Å². The van der Waals surface area contributed by atoms with Crippen molar-refractivity contribution in [2.45, 2.75) is 20.5 Å². The van der Waals surface area contributed by atoms with Crippen LogP contribution in [0.3, 0.4) is 0 Å². The van der Waals surface area contributed by atoms with Gasteiger partial charge in [0.25, 0.3) is 5.91 Å². The van der Waals surface area contributed by atoms with Crippen LogP contribution < -0.4 is 14.8 Å². The van der Waals surface area contributed by atoms with Crippen LogP contribution in [0.2, 0.25) is 0 Å². The van der Waals surface area contributed by atoms with Crippen LogP contribution in [0.1, 0.15) is 23.6 Å². The van der Waals surface area contributed by atoms with Crippen molar-refractivity contribution in [3.8, 4) is 17.6 Å². The van der Waals surface area contributed by atoms with Gasteiger partial charge < -0.3 is 14.8 Å². The Kier molecular flexibility index (Phi) is 8.70. The van der Waals surface area contributed by atoms with Crippen molar-refractivity contribution in [1.82, 2.24) is 0 Å². The summed E-state index contributed by atoms with van der Waals surface area (Å²) in [4.78, 5) is 12.6. The molecule has 0 spiro atoms. The minimum atomic E-state index is -0.482. The van der Waals surface area contributed by atoms with Crippen molar-refractivity contribution in [1.29, 1.82) is 5.26 Å². The minimum Gasteiger partial charge on any atom is -0.490 e. The van der Waals surface area contributed by atoms with Crippen molar-refractivity contribution in [2.24, 2.45) is 0 Å². The first-order chi connectivity index (χ1) is 15.9. The Hall–Kier alpha value is -3.08. The summed E-state index contributed by atoms with van der Waals surface area (Å²) in [7, 11) is 0. The number of hydrogen-bond acceptors (Lipinski definition) is 4. The molecule has 0 atom stereocenters. The zero-order valence-electron chi connectivity index (χ0n) is 18.2. The lowest BCUT2D eigenvalue weighted by Crippen LogP contribution is -2.13. The normalized spacial score (nSPS) is 10.9. The van der Waals surface area contributed by atoms with Gasteiger partial charge in [0.1, 0.15) is 18.2 Å². The van der Waals surface area contributed by atoms with E-state index in [1.165, 1.54) is 6.08 Å². The van der Waals surface area contributed by atoms with E-state index in [0.29, 0.717) is 40.4 Å². The minimum absolute atomic E-state index is 0.0215. The average molecular weight is 570 g/mol. The summed E-state index contributed by atoms with van der Waals surface area (Å²) in [5.74, 6) is 0.582. The Morgan fingerprint density at radius 1 is 1.06 bits per heavy atom. The molecular formula is C26H22Br2N2O3. The van der Waals surface area contributed by atoms with Crippen LogP contribution >= 0.6 is 31.9 Å². The maximum Gasteiger partial charge on any atom is 0.266 e. The maximum atomic E-state index is 12.6. The topological polar surface area (TPSA) is 71.3 Å². The van der Waals surface area contributed by atoms with Gasteiger partial charge in [0.2, 0.25) is 0 Å². The molecule has 168 valence electrons. The third-order valence-corrected chi connectivity index (χ3v) is 6.01. The van der Waals surface area contributed by atoms with Crippen molar-refractivity contribution in [2.75, 3.05) is 11.9 Å². The molecule has 0 bridgehead atoms. The first-order valence-electron chi connectivity index (χ1n) is 10.2. The van der Waals surface area contributed by atoms with Gasteiger partial charge >= 0.3 is 0 Å². The lowest BCUT2D eigenvalue weighted by Gasteiger charge is -2.15. The first kappa shape index (κ1) is 24.6. The molecule has 1 amide bonds. The lowest BCUT2D eigenvalue weighted by molar-refractivity contribution is -0.112. The van der Waals surface area contributed by atoms with Gasteiger partial charge in [-0.1, -0.05) is 51.8 Å². The van der Waals surface area contributed by atoms with E-state index in [1.54, 1.807) is 24.3 Å². The molecule has 0 aliphatic carbocycles. The standard InChI is InChI=1S/C26H22Br2N2O3/c1-3-32-24-14-18(12-20(15-29)26(31)30-21-10-8-17(2)9-11-21)13-23(28)25(24)33-16-19-6-4-5-7-22(19)27/h4-14H,3,16H2,1-2H3,(H,30,31)/b20-12+. The summed E-state index contributed by atoms with van der Waals surface area (Å²) in [6.45, 7) is 4.62. The van der Waals surface area contributed by atoms with Crippen LogP contribution in [-0.2, 0) is 11.4 Å². The van der Waals surface area contributed by atoms with Crippen molar-refractivity contribution >= 4 is 49.5 Å². The highest BCUT2D eigenvalue weighted by Gasteiger charge is 2.15. The molecule has 1 N–H and O–H groups in total. The van der Waals surface area contributed by atoms with E-state index in [0.717, 1.165) is 15.6 Å². The predicted octanol–water partition coefficient (Wildman–Crippen LogP) is 7.04. The third-order valence-electron chi connectivity index (χ3n) is 4.65. The molecule has 0 aliphatic heterocycles. The molecule has 0 aliphatic rings. The van der Waals surface area contributed by atoms with E-state index in [9.17, 15) is 10.1 Å². The molecule has 5 nitrogen and oxygen atoms in total. The third kappa shape index (κ3) is 6.70. The molecule has 0 fully saturated rings. The Labute approximate surface area is 210 Å². The molecule has 0 unspecified atom stereocenters. The number of halogens is 2. The quantitative estimate of drug-likeness (QED) is 0.233. The van der Waals surface area contributed by atoms with Crippen molar-refractivity contribution in [3.63, 3.8) is 0 Å². The largest absolute Gasteiger partial charge is 0.490 e. The average Bonchev–Trinajstić information content (AvgIpc) is 2.79. The van der Waals surface area contributed by atoms with Gasteiger partial charge in [0, 0.05) is 15.7 Å². The van der Waals surface area contributed by atoms with Crippen LogP contribution in [-0.4, -0.2) is 12.5 Å². The molecule has 3 aromatic carbocycles. The van der Waals surface area contributed by atoms with E-state index >= 15 is 0 Å². The van der Waals surface area contributed by atoms with Crippen LogP contribution in [0.25, 0.3) is 6.08 Å². The molecule has 7 heteroatoms. The molecule has 0 aromatic heterocycles. The highest BCUT2D eigenvalue weighted by molar-refractivity contribution is 9.10. The van der Waals surface area contributed by atoms with Crippen LogP contribution in [0.5, 0.6) is 11.5 Å². The first-order valence-corrected chi connectivity index (χ1v) is 11.8. The summed E-state index contributed by atoms with van der Waals surface area (Å²) in [5.41, 5.74) is 3.31. The van der Waals surface area contributed by atoms with E-state index in [-0.39, 0.29) is 5.57 Å². The maximum absolute atomic E-state index is 12.6. The van der Waals surface area contributed by atoms with Crippen LogP contribution in [0.15, 0.2) is 75.2 Å². The Morgan fingerprint density at radius 3 is 2.45 bits per heavy atom. The van der Waals surface area contributed by atoms with Gasteiger partial charge in [-0.3, -0.25) is 4.79 Å². The second kappa shape index (κ2) is 11.7. The van der Waals surface area contributed by atoms with Gasteiger partial charge in [-0.15, -0.1) is 0 Å². The fourth-order valence-electron chi connectivity index (χ4n) is 2.99. The molecule has 0 saturated heterocycles. The van der Waals surface area contributed by atoms with Crippen molar-refractivity contribution in [3.05, 3.63) is 91.9 Å². The molecule has 3 aromatic rings. The van der Waals surface area contributed by atoms with Crippen molar-refractivity contribution < 1.29 is 14.3 Å². The Bertz CT molecular complexity index is 1220. The summed E-state index contributed by atoms with van der Waals surface area (Å²) >= 11 is 7.07. The number of nitrogens with zero attached hydrogens (tertiary/aromatic N) is 1. The number of amides is 1.